The number of likely N-dealkylation sites (N-methyl/N-ethyl adjacent to an activating group) is 1. The van der Waals surface area contributed by atoms with Gasteiger partial charge >= 0.3 is 0 Å². The summed E-state index contributed by atoms with van der Waals surface area (Å²) in [5, 5.41) is 3.42. The minimum atomic E-state index is 0.0699. The van der Waals surface area contributed by atoms with Crippen LogP contribution in [-0.2, 0) is 11.2 Å². The lowest BCUT2D eigenvalue weighted by Crippen LogP contribution is -2.35. The van der Waals surface area contributed by atoms with Gasteiger partial charge in [0.15, 0.2) is 0 Å². The first-order valence-electron chi connectivity index (χ1n) is 7.33. The predicted octanol–water partition coefficient (Wildman–Crippen LogP) is 4.20. The van der Waals surface area contributed by atoms with Gasteiger partial charge in [0.05, 0.1) is 6.10 Å². The topological polar surface area (TPSA) is 21.3 Å². The van der Waals surface area contributed by atoms with Crippen LogP contribution in [0.1, 0.15) is 24.2 Å². The number of hydrogen-bond acceptors (Lipinski definition) is 2. The first kappa shape index (κ1) is 16.5. The van der Waals surface area contributed by atoms with Gasteiger partial charge in [-0.2, -0.15) is 0 Å². The van der Waals surface area contributed by atoms with Crippen molar-refractivity contribution < 1.29 is 4.74 Å². The summed E-state index contributed by atoms with van der Waals surface area (Å²) in [7, 11) is 2.01. The molecular formula is C18H22INO. The third kappa shape index (κ3) is 4.80. The molecule has 2 rings (SSSR count). The van der Waals surface area contributed by atoms with Gasteiger partial charge in [-0.25, -0.2) is 0 Å². The molecule has 2 aromatic carbocycles. The first-order chi connectivity index (χ1) is 10.2. The number of benzene rings is 2. The average Bonchev–Trinajstić information content (AvgIpc) is 2.53. The van der Waals surface area contributed by atoms with E-state index >= 15 is 0 Å². The Balaban J connectivity index is 2.17. The summed E-state index contributed by atoms with van der Waals surface area (Å²) in [6.07, 6.45) is 1.02. The molecular weight excluding hydrogens is 373 g/mol. The predicted molar refractivity (Wildman–Crippen MR) is 96.5 cm³/mol. The molecule has 2 aromatic rings. The SMILES string of the molecule is CCOC(c1ccccc1)C(Cc1ccc(I)cc1)NC. The van der Waals surface area contributed by atoms with E-state index in [2.05, 4.69) is 76.4 Å². The molecule has 0 aliphatic carbocycles. The highest BCUT2D eigenvalue weighted by Gasteiger charge is 2.22. The summed E-state index contributed by atoms with van der Waals surface area (Å²) in [5.41, 5.74) is 2.56. The summed E-state index contributed by atoms with van der Waals surface area (Å²) in [4.78, 5) is 0. The Morgan fingerprint density at radius 3 is 2.29 bits per heavy atom. The molecule has 0 radical (unpaired) electrons. The Kier molecular flexibility index (Phi) is 6.67. The van der Waals surface area contributed by atoms with E-state index in [1.165, 1.54) is 14.7 Å². The Hall–Kier alpha value is -0.910. The molecule has 0 saturated heterocycles. The van der Waals surface area contributed by atoms with Crippen molar-refractivity contribution in [1.82, 2.24) is 5.32 Å². The van der Waals surface area contributed by atoms with Crippen molar-refractivity contribution in [3.05, 3.63) is 69.3 Å². The standard InChI is InChI=1S/C18H22INO/c1-3-21-18(15-7-5-4-6-8-15)17(20-2)13-14-9-11-16(19)12-10-14/h4-12,17-18,20H,3,13H2,1-2H3. The Labute approximate surface area is 141 Å². The van der Waals surface area contributed by atoms with Gasteiger partial charge < -0.3 is 10.1 Å². The molecule has 0 saturated carbocycles. The molecule has 2 atom stereocenters. The van der Waals surface area contributed by atoms with E-state index in [9.17, 15) is 0 Å². The number of nitrogens with one attached hydrogen (secondary N) is 1. The Morgan fingerprint density at radius 2 is 1.71 bits per heavy atom. The van der Waals surface area contributed by atoms with Crippen molar-refractivity contribution >= 4 is 22.6 Å². The summed E-state index contributed by atoms with van der Waals surface area (Å²) >= 11 is 2.34. The molecule has 0 heterocycles. The van der Waals surface area contributed by atoms with Crippen LogP contribution < -0.4 is 5.32 Å². The van der Waals surface area contributed by atoms with Crippen molar-refractivity contribution in [2.24, 2.45) is 0 Å². The molecule has 2 unspecified atom stereocenters. The second kappa shape index (κ2) is 8.51. The van der Waals surface area contributed by atoms with Gasteiger partial charge in [-0.05, 0) is 66.2 Å². The fourth-order valence-corrected chi connectivity index (χ4v) is 2.86. The van der Waals surface area contributed by atoms with Crippen molar-refractivity contribution in [1.29, 1.82) is 0 Å². The van der Waals surface area contributed by atoms with Gasteiger partial charge in [-0.15, -0.1) is 0 Å². The highest BCUT2D eigenvalue weighted by molar-refractivity contribution is 14.1. The van der Waals surface area contributed by atoms with Crippen LogP contribution in [-0.4, -0.2) is 19.7 Å². The quantitative estimate of drug-likeness (QED) is 0.710. The smallest absolute Gasteiger partial charge is 0.0980 e. The molecule has 2 nitrogen and oxygen atoms in total. The van der Waals surface area contributed by atoms with Crippen molar-refractivity contribution in [3.63, 3.8) is 0 Å². The Morgan fingerprint density at radius 1 is 1.05 bits per heavy atom. The van der Waals surface area contributed by atoms with Crippen LogP contribution in [0, 0.1) is 3.57 Å². The second-order valence-electron chi connectivity index (χ2n) is 5.01. The van der Waals surface area contributed by atoms with Gasteiger partial charge in [-0.1, -0.05) is 42.5 Å². The van der Waals surface area contributed by atoms with Crippen molar-refractivity contribution in [2.75, 3.05) is 13.7 Å². The third-order valence-corrected chi connectivity index (χ3v) is 4.30. The number of halogens is 1. The molecule has 0 aromatic heterocycles. The van der Waals surface area contributed by atoms with Gasteiger partial charge in [0.25, 0.3) is 0 Å². The first-order valence-corrected chi connectivity index (χ1v) is 8.40. The van der Waals surface area contributed by atoms with Gasteiger partial charge in [0.2, 0.25) is 0 Å². The summed E-state index contributed by atoms with van der Waals surface area (Å²) < 4.78 is 7.28. The summed E-state index contributed by atoms with van der Waals surface area (Å²) in [5.74, 6) is 0. The number of rotatable bonds is 7. The lowest BCUT2D eigenvalue weighted by molar-refractivity contribution is 0.0352. The number of hydrogen-bond donors (Lipinski definition) is 1. The van der Waals surface area contributed by atoms with Crippen molar-refractivity contribution in [3.8, 4) is 0 Å². The fraction of sp³-hybridized carbons (Fsp3) is 0.333. The van der Waals surface area contributed by atoms with Crippen LogP contribution in [0.15, 0.2) is 54.6 Å². The van der Waals surface area contributed by atoms with E-state index < -0.39 is 0 Å². The normalized spacial score (nSPS) is 13.9. The van der Waals surface area contributed by atoms with E-state index in [1.54, 1.807) is 0 Å². The van der Waals surface area contributed by atoms with Crippen LogP contribution in [0.25, 0.3) is 0 Å². The van der Waals surface area contributed by atoms with Gasteiger partial charge in [0, 0.05) is 16.2 Å². The van der Waals surface area contributed by atoms with Gasteiger partial charge in [-0.3, -0.25) is 0 Å². The summed E-state index contributed by atoms with van der Waals surface area (Å²) in [6, 6.07) is 19.4. The van der Waals surface area contributed by atoms with E-state index in [4.69, 9.17) is 4.74 Å². The molecule has 0 fully saturated rings. The highest BCUT2D eigenvalue weighted by Crippen LogP contribution is 2.24. The third-order valence-electron chi connectivity index (χ3n) is 3.58. The molecule has 0 bridgehead atoms. The minimum absolute atomic E-state index is 0.0699. The molecule has 0 amide bonds. The fourth-order valence-electron chi connectivity index (χ4n) is 2.50. The lowest BCUT2D eigenvalue weighted by atomic mass is 9.96. The molecule has 0 spiro atoms. The minimum Gasteiger partial charge on any atom is -0.372 e. The zero-order valence-corrected chi connectivity index (χ0v) is 14.7. The molecule has 0 aliphatic heterocycles. The van der Waals surface area contributed by atoms with E-state index in [0.717, 1.165) is 6.42 Å². The molecule has 1 N–H and O–H groups in total. The summed E-state index contributed by atoms with van der Waals surface area (Å²) in [6.45, 7) is 2.76. The van der Waals surface area contributed by atoms with E-state index in [-0.39, 0.29) is 12.1 Å². The molecule has 112 valence electrons. The Bertz CT molecular complexity index is 527. The number of ether oxygens (including phenoxy) is 1. The maximum absolute atomic E-state index is 6.01. The lowest BCUT2D eigenvalue weighted by Gasteiger charge is -2.27. The van der Waals surface area contributed by atoms with Crippen LogP contribution in [0.4, 0.5) is 0 Å². The zero-order chi connectivity index (χ0) is 15.1. The van der Waals surface area contributed by atoms with Crippen LogP contribution in [0.2, 0.25) is 0 Å². The maximum Gasteiger partial charge on any atom is 0.0980 e. The zero-order valence-electron chi connectivity index (χ0n) is 12.6. The average molecular weight is 395 g/mol. The van der Waals surface area contributed by atoms with E-state index in [1.807, 2.05) is 20.0 Å². The highest BCUT2D eigenvalue weighted by atomic mass is 127. The van der Waals surface area contributed by atoms with Crippen LogP contribution >= 0.6 is 22.6 Å². The second-order valence-corrected chi connectivity index (χ2v) is 6.26. The maximum atomic E-state index is 6.01. The van der Waals surface area contributed by atoms with Crippen LogP contribution in [0.3, 0.4) is 0 Å². The van der Waals surface area contributed by atoms with Gasteiger partial charge in [0.1, 0.15) is 0 Å². The van der Waals surface area contributed by atoms with Crippen molar-refractivity contribution in [2.45, 2.75) is 25.5 Å². The molecule has 21 heavy (non-hydrogen) atoms. The monoisotopic (exact) mass is 395 g/mol. The molecule has 0 aliphatic rings. The molecule has 3 heteroatoms. The largest absolute Gasteiger partial charge is 0.372 e. The van der Waals surface area contributed by atoms with Crippen LogP contribution in [0.5, 0.6) is 0 Å². The van der Waals surface area contributed by atoms with E-state index in [0.29, 0.717) is 6.61 Å².